The molecule has 11 heteroatoms. The molecule has 1 N–H and O–H groups in total. The number of carbonyl (C=O) groups is 3. The maximum Gasteiger partial charge on any atom is 0.262 e. The highest BCUT2D eigenvalue weighted by molar-refractivity contribution is 7.17. The van der Waals surface area contributed by atoms with Gasteiger partial charge in [-0.05, 0) is 43.0 Å². The molecule has 3 fully saturated rings. The third-order valence-corrected chi connectivity index (χ3v) is 8.29. The summed E-state index contributed by atoms with van der Waals surface area (Å²) in [5, 5.41) is 9.73. The molecule has 1 aliphatic carbocycles. The van der Waals surface area contributed by atoms with E-state index in [1.807, 2.05) is 0 Å². The van der Waals surface area contributed by atoms with Gasteiger partial charge in [-0.25, -0.2) is 0 Å². The lowest BCUT2D eigenvalue weighted by Gasteiger charge is -2.34. The third-order valence-electron chi connectivity index (χ3n) is 6.79. The predicted molar refractivity (Wildman–Crippen MR) is 123 cm³/mol. The summed E-state index contributed by atoms with van der Waals surface area (Å²) in [7, 11) is 0. The monoisotopic (exact) mass is 506 g/mol. The lowest BCUT2D eigenvalue weighted by Crippen LogP contribution is -2.55. The van der Waals surface area contributed by atoms with Crippen LogP contribution in [0, 0.1) is 11.9 Å². The topological polar surface area (TPSA) is 101 Å². The van der Waals surface area contributed by atoms with Gasteiger partial charge >= 0.3 is 0 Å². The first-order valence-corrected chi connectivity index (χ1v) is 12.7. The minimum atomic E-state index is -0.750. The van der Waals surface area contributed by atoms with Gasteiger partial charge in [0, 0.05) is 6.54 Å². The number of alkyl halides is 1. The second kappa shape index (κ2) is 9.67. The summed E-state index contributed by atoms with van der Waals surface area (Å²) in [4.78, 5) is 41.9. The minimum absolute atomic E-state index is 0.0159. The molecule has 8 nitrogen and oxygen atoms in total. The zero-order valence-corrected chi connectivity index (χ0v) is 19.9. The molecule has 4 atom stereocenters. The highest BCUT2D eigenvalue weighted by atomic mass is 35.5. The number of aromatic nitrogens is 2. The van der Waals surface area contributed by atoms with E-state index < -0.39 is 29.5 Å². The molecule has 4 heterocycles. The van der Waals surface area contributed by atoms with E-state index in [0.29, 0.717) is 15.4 Å². The Bertz CT molecular complexity index is 1090. The Morgan fingerprint density at radius 3 is 2.71 bits per heavy atom. The van der Waals surface area contributed by atoms with Crippen molar-refractivity contribution >= 4 is 40.5 Å². The predicted octanol–water partition coefficient (Wildman–Crippen LogP) is 2.81. The lowest BCUT2D eigenvalue weighted by atomic mass is 9.83. The molecular weight excluding hydrogens is 483 g/mol. The molecule has 3 aliphatic rings. The van der Waals surface area contributed by atoms with E-state index in [1.165, 1.54) is 28.4 Å². The Balaban J connectivity index is 1.36. The van der Waals surface area contributed by atoms with Crippen LogP contribution >= 0.6 is 22.9 Å². The van der Waals surface area contributed by atoms with Crippen LogP contribution in [0.1, 0.15) is 41.8 Å². The molecule has 4 unspecified atom stereocenters. The van der Waals surface area contributed by atoms with E-state index in [1.54, 1.807) is 12.1 Å². The van der Waals surface area contributed by atoms with Crippen molar-refractivity contribution in [3.05, 3.63) is 35.1 Å². The Kier molecular flexibility index (Phi) is 6.63. The van der Waals surface area contributed by atoms with Crippen LogP contribution in [0.25, 0.3) is 10.6 Å². The normalized spacial score (nSPS) is 25.9. The Hall–Kier alpha value is -2.43. The number of rotatable bonds is 5. The maximum absolute atomic E-state index is 13.7. The van der Waals surface area contributed by atoms with Crippen molar-refractivity contribution < 1.29 is 23.5 Å². The van der Waals surface area contributed by atoms with Crippen molar-refractivity contribution in [1.82, 2.24) is 20.4 Å². The molecule has 5 rings (SSSR count). The van der Waals surface area contributed by atoms with Crippen molar-refractivity contribution in [3.8, 4) is 10.6 Å². The van der Waals surface area contributed by atoms with Gasteiger partial charge in [0.05, 0.1) is 15.1 Å². The Labute approximate surface area is 204 Å². The summed E-state index contributed by atoms with van der Waals surface area (Å²) in [6.45, 7) is 0.167. The molecule has 180 valence electrons. The first kappa shape index (κ1) is 23.3. The number of nitrogens with zero attached hydrogens (tertiary/aromatic N) is 3. The summed E-state index contributed by atoms with van der Waals surface area (Å²) in [5.41, 5.74) is 0.460. The molecule has 2 saturated heterocycles. The number of thiophene rings is 1. The van der Waals surface area contributed by atoms with Gasteiger partial charge in [-0.3, -0.25) is 14.4 Å². The second-order valence-electron chi connectivity index (χ2n) is 8.95. The van der Waals surface area contributed by atoms with E-state index in [2.05, 4.69) is 15.5 Å². The van der Waals surface area contributed by atoms with Gasteiger partial charge in [0.15, 0.2) is 5.78 Å². The summed E-state index contributed by atoms with van der Waals surface area (Å²) in [5.74, 6) is -1.50. The standard InChI is InChI=1S/C23H24ClFN4O4S/c24-13-10-29(20-15(30)11-33-21(13)20)23(32)19(12-4-2-1-3-5-12)26-22(31)17-8-7-16(34-17)14-6-9-18(25)28-27-14/h6-9,12-13,19-21H,1-5,10-11H2,(H,26,31). The van der Waals surface area contributed by atoms with Gasteiger partial charge in [0.1, 0.15) is 30.5 Å². The fourth-order valence-electron chi connectivity index (χ4n) is 5.11. The van der Waals surface area contributed by atoms with Gasteiger partial charge in [0.25, 0.3) is 5.91 Å². The summed E-state index contributed by atoms with van der Waals surface area (Å²) in [6.07, 6.45) is 4.23. The van der Waals surface area contributed by atoms with Crippen molar-refractivity contribution in [2.45, 2.75) is 55.7 Å². The van der Waals surface area contributed by atoms with Crippen LogP contribution in [0.5, 0.6) is 0 Å². The van der Waals surface area contributed by atoms with Crippen LogP contribution in [0.4, 0.5) is 4.39 Å². The molecule has 0 spiro atoms. The molecule has 34 heavy (non-hydrogen) atoms. The summed E-state index contributed by atoms with van der Waals surface area (Å²) >= 11 is 7.58. The smallest absolute Gasteiger partial charge is 0.262 e. The highest BCUT2D eigenvalue weighted by Crippen LogP contribution is 2.34. The van der Waals surface area contributed by atoms with Gasteiger partial charge in [-0.1, -0.05) is 19.3 Å². The molecule has 1 saturated carbocycles. The van der Waals surface area contributed by atoms with Crippen LogP contribution in [0.2, 0.25) is 0 Å². The number of Topliss-reactive ketones (excluding diaryl/α,β-unsaturated/α-hetero) is 1. The molecule has 0 bridgehead atoms. The zero-order valence-electron chi connectivity index (χ0n) is 18.3. The van der Waals surface area contributed by atoms with E-state index in [0.717, 1.165) is 32.1 Å². The molecular formula is C23H24ClFN4O4S. The molecule has 2 aromatic rings. The number of hydrogen-bond acceptors (Lipinski definition) is 7. The Morgan fingerprint density at radius 1 is 1.18 bits per heavy atom. The highest BCUT2D eigenvalue weighted by Gasteiger charge is 2.53. The lowest BCUT2D eigenvalue weighted by molar-refractivity contribution is -0.139. The fourth-order valence-corrected chi connectivity index (χ4v) is 6.34. The average molecular weight is 507 g/mol. The van der Waals surface area contributed by atoms with E-state index in [-0.39, 0.29) is 36.7 Å². The van der Waals surface area contributed by atoms with Crippen molar-refractivity contribution in [3.63, 3.8) is 0 Å². The third kappa shape index (κ3) is 4.46. The van der Waals surface area contributed by atoms with Crippen LogP contribution < -0.4 is 5.32 Å². The van der Waals surface area contributed by atoms with Crippen LogP contribution in [0.3, 0.4) is 0 Å². The van der Waals surface area contributed by atoms with E-state index in [4.69, 9.17) is 16.3 Å². The molecule has 2 amide bonds. The number of halogens is 2. The van der Waals surface area contributed by atoms with E-state index >= 15 is 0 Å². The zero-order chi connectivity index (χ0) is 23.8. The van der Waals surface area contributed by atoms with Crippen LogP contribution in [-0.2, 0) is 14.3 Å². The molecule has 0 radical (unpaired) electrons. The van der Waals surface area contributed by atoms with Crippen molar-refractivity contribution in [2.24, 2.45) is 5.92 Å². The largest absolute Gasteiger partial charge is 0.366 e. The molecule has 2 aliphatic heterocycles. The number of likely N-dealkylation sites (tertiary alicyclic amines) is 1. The number of ether oxygens (including phenoxy) is 1. The number of amides is 2. The number of ketones is 1. The van der Waals surface area contributed by atoms with Crippen LogP contribution in [0.15, 0.2) is 24.3 Å². The van der Waals surface area contributed by atoms with Crippen LogP contribution in [-0.4, -0.2) is 69.4 Å². The van der Waals surface area contributed by atoms with Gasteiger partial charge < -0.3 is 15.0 Å². The van der Waals surface area contributed by atoms with E-state index in [9.17, 15) is 18.8 Å². The maximum atomic E-state index is 13.7. The number of nitrogens with one attached hydrogen (secondary N) is 1. The summed E-state index contributed by atoms with van der Waals surface area (Å²) in [6, 6.07) is 4.63. The molecule has 0 aromatic carbocycles. The Morgan fingerprint density at radius 2 is 1.97 bits per heavy atom. The molecule has 2 aromatic heterocycles. The first-order chi connectivity index (χ1) is 16.4. The SMILES string of the molecule is O=C(NC(C(=O)N1CC(Cl)C2OCC(=O)C21)C1CCCCC1)c1ccc(-c2ccc(F)nn2)s1. The summed E-state index contributed by atoms with van der Waals surface area (Å²) < 4.78 is 18.6. The van der Waals surface area contributed by atoms with Gasteiger partial charge in [-0.15, -0.1) is 33.1 Å². The number of carbonyl (C=O) groups excluding carboxylic acids is 3. The number of fused-ring (bicyclic) bond motifs is 1. The quantitative estimate of drug-likeness (QED) is 0.626. The average Bonchev–Trinajstić information content (AvgIpc) is 3.56. The van der Waals surface area contributed by atoms with Gasteiger partial charge in [-0.2, -0.15) is 4.39 Å². The first-order valence-electron chi connectivity index (χ1n) is 11.4. The van der Waals surface area contributed by atoms with Gasteiger partial charge in [0.2, 0.25) is 11.9 Å². The van der Waals surface area contributed by atoms with Crippen molar-refractivity contribution in [1.29, 1.82) is 0 Å². The minimum Gasteiger partial charge on any atom is -0.366 e. The fraction of sp³-hybridized carbons (Fsp3) is 0.522. The number of hydrogen-bond donors (Lipinski definition) is 1. The van der Waals surface area contributed by atoms with Crippen molar-refractivity contribution in [2.75, 3.05) is 13.2 Å². The second-order valence-corrected chi connectivity index (χ2v) is 10.6.